The molecule has 0 atom stereocenters. The van der Waals surface area contributed by atoms with E-state index in [1.54, 1.807) is 12.3 Å². The Morgan fingerprint density at radius 2 is 2.38 bits per heavy atom. The van der Waals surface area contributed by atoms with E-state index < -0.39 is 0 Å². The van der Waals surface area contributed by atoms with Crippen LogP contribution in [0.5, 0.6) is 0 Å². The Morgan fingerprint density at radius 3 is 2.92 bits per heavy atom. The van der Waals surface area contributed by atoms with Crippen molar-refractivity contribution < 1.29 is 4.79 Å². The van der Waals surface area contributed by atoms with E-state index in [9.17, 15) is 4.79 Å². The van der Waals surface area contributed by atoms with Gasteiger partial charge in [0.15, 0.2) is 5.78 Å². The highest BCUT2D eigenvalue weighted by molar-refractivity contribution is 7.12. The van der Waals surface area contributed by atoms with E-state index in [0.717, 1.165) is 4.88 Å². The predicted molar refractivity (Wildman–Crippen MR) is 56.1 cm³/mol. The second-order valence-corrected chi connectivity index (χ2v) is 3.94. The summed E-state index contributed by atoms with van der Waals surface area (Å²) in [6, 6.07) is 4.07. The monoisotopic (exact) mass is 195 g/mol. The van der Waals surface area contributed by atoms with E-state index >= 15 is 0 Å². The fourth-order valence-electron chi connectivity index (χ4n) is 0.817. The van der Waals surface area contributed by atoms with E-state index in [2.05, 4.69) is 5.32 Å². The molecule has 1 aromatic rings. The number of ketones is 1. The van der Waals surface area contributed by atoms with Crippen molar-refractivity contribution in [2.24, 2.45) is 0 Å². The minimum absolute atomic E-state index is 0.0585. The molecule has 1 N–H and O–H groups in total. The van der Waals surface area contributed by atoms with Crippen LogP contribution in [0.4, 0.5) is 0 Å². The summed E-state index contributed by atoms with van der Waals surface area (Å²) >= 11 is 1.46. The van der Waals surface area contributed by atoms with Crippen molar-refractivity contribution in [3.8, 4) is 0 Å². The predicted octanol–water partition coefficient (Wildman–Crippen LogP) is 2.44. The first-order valence-electron chi connectivity index (χ1n) is 4.20. The van der Waals surface area contributed by atoms with Crippen LogP contribution in [0.3, 0.4) is 0 Å². The van der Waals surface area contributed by atoms with Gasteiger partial charge in [0.25, 0.3) is 0 Å². The first-order chi connectivity index (χ1) is 6.20. The van der Waals surface area contributed by atoms with Crippen LogP contribution in [0.1, 0.15) is 23.5 Å². The van der Waals surface area contributed by atoms with Crippen LogP contribution in [0, 0.1) is 0 Å². The molecule has 0 saturated carbocycles. The molecule has 70 valence electrons. The summed E-state index contributed by atoms with van der Waals surface area (Å²) in [5.74, 6) is 0.0585. The Balaban J connectivity index is 2.47. The number of carbonyl (C=O) groups is 1. The molecule has 0 aliphatic carbocycles. The molecule has 1 heterocycles. The second kappa shape index (κ2) is 4.82. The summed E-state index contributed by atoms with van der Waals surface area (Å²) in [6.07, 6.45) is 3.26. The zero-order valence-electron chi connectivity index (χ0n) is 7.78. The molecule has 0 aromatic carbocycles. The van der Waals surface area contributed by atoms with Gasteiger partial charge in [-0.05, 0) is 25.3 Å². The Bertz CT molecular complexity index is 288. The Hall–Kier alpha value is -1.09. The average Bonchev–Trinajstić information content (AvgIpc) is 2.55. The maximum atomic E-state index is 11.4. The summed E-state index contributed by atoms with van der Waals surface area (Å²) < 4.78 is 0. The van der Waals surface area contributed by atoms with Crippen molar-refractivity contribution in [3.05, 3.63) is 34.7 Å². The van der Waals surface area contributed by atoms with E-state index in [0.29, 0.717) is 6.04 Å². The lowest BCUT2D eigenvalue weighted by molar-refractivity contribution is 0.105. The van der Waals surface area contributed by atoms with Gasteiger partial charge in [0.2, 0.25) is 0 Å². The zero-order chi connectivity index (χ0) is 9.68. The summed E-state index contributed by atoms with van der Waals surface area (Å²) in [5, 5.41) is 4.94. The van der Waals surface area contributed by atoms with Crippen molar-refractivity contribution >= 4 is 17.1 Å². The Labute approximate surface area is 82.3 Å². The first kappa shape index (κ1) is 9.99. The standard InChI is InChI=1S/C10H13NOS/c1-8(2)11-6-5-9(12)10-4-3-7-13-10/h3-8,11H,1-2H3. The molecular formula is C10H13NOS. The number of thiophene rings is 1. The molecule has 0 radical (unpaired) electrons. The molecule has 2 nitrogen and oxygen atoms in total. The van der Waals surface area contributed by atoms with E-state index in [1.165, 1.54) is 11.3 Å². The molecule has 13 heavy (non-hydrogen) atoms. The molecule has 0 amide bonds. The number of rotatable bonds is 4. The highest BCUT2D eigenvalue weighted by atomic mass is 32.1. The van der Waals surface area contributed by atoms with Crippen molar-refractivity contribution in [1.82, 2.24) is 5.32 Å². The van der Waals surface area contributed by atoms with Crippen molar-refractivity contribution in [2.45, 2.75) is 19.9 Å². The molecule has 0 bridgehead atoms. The Morgan fingerprint density at radius 1 is 1.62 bits per heavy atom. The van der Waals surface area contributed by atoms with Gasteiger partial charge in [0.1, 0.15) is 0 Å². The van der Waals surface area contributed by atoms with Gasteiger partial charge in [-0.3, -0.25) is 4.79 Å². The smallest absolute Gasteiger partial charge is 0.197 e. The van der Waals surface area contributed by atoms with Crippen molar-refractivity contribution in [1.29, 1.82) is 0 Å². The van der Waals surface area contributed by atoms with Gasteiger partial charge in [-0.2, -0.15) is 0 Å². The van der Waals surface area contributed by atoms with Crippen LogP contribution < -0.4 is 5.32 Å². The number of hydrogen-bond acceptors (Lipinski definition) is 3. The molecule has 0 aliphatic heterocycles. The summed E-state index contributed by atoms with van der Waals surface area (Å²) in [7, 11) is 0. The third-order valence-electron chi connectivity index (χ3n) is 1.43. The molecule has 0 saturated heterocycles. The lowest BCUT2D eigenvalue weighted by Gasteiger charge is -2.01. The molecule has 0 fully saturated rings. The molecule has 1 aromatic heterocycles. The normalized spacial score (nSPS) is 11.0. The van der Waals surface area contributed by atoms with Crippen molar-refractivity contribution in [3.63, 3.8) is 0 Å². The van der Waals surface area contributed by atoms with E-state index in [4.69, 9.17) is 0 Å². The lowest BCUT2D eigenvalue weighted by atomic mass is 10.3. The van der Waals surface area contributed by atoms with E-state index in [-0.39, 0.29) is 5.78 Å². The largest absolute Gasteiger partial charge is 0.389 e. The van der Waals surface area contributed by atoms with Crippen molar-refractivity contribution in [2.75, 3.05) is 0 Å². The van der Waals surface area contributed by atoms with Gasteiger partial charge in [-0.25, -0.2) is 0 Å². The van der Waals surface area contributed by atoms with Crippen LogP contribution in [-0.4, -0.2) is 11.8 Å². The fourth-order valence-corrected chi connectivity index (χ4v) is 1.46. The molecule has 1 rings (SSSR count). The SMILES string of the molecule is CC(C)NC=CC(=O)c1cccs1. The van der Waals surface area contributed by atoms with Gasteiger partial charge in [-0.15, -0.1) is 11.3 Å². The number of hydrogen-bond donors (Lipinski definition) is 1. The summed E-state index contributed by atoms with van der Waals surface area (Å²) in [6.45, 7) is 4.06. The minimum Gasteiger partial charge on any atom is -0.389 e. The van der Waals surface area contributed by atoms with E-state index in [1.807, 2.05) is 31.4 Å². The molecule has 0 unspecified atom stereocenters. The topological polar surface area (TPSA) is 29.1 Å². The minimum atomic E-state index is 0.0585. The summed E-state index contributed by atoms with van der Waals surface area (Å²) in [4.78, 5) is 12.2. The number of allylic oxidation sites excluding steroid dienone is 1. The molecule has 0 spiro atoms. The van der Waals surface area contributed by atoms with Gasteiger partial charge in [0, 0.05) is 18.3 Å². The number of carbonyl (C=O) groups excluding carboxylic acids is 1. The van der Waals surface area contributed by atoms with Gasteiger partial charge >= 0.3 is 0 Å². The van der Waals surface area contributed by atoms with Crippen LogP contribution in [0.25, 0.3) is 0 Å². The van der Waals surface area contributed by atoms with Crippen LogP contribution in [-0.2, 0) is 0 Å². The first-order valence-corrected chi connectivity index (χ1v) is 5.08. The second-order valence-electron chi connectivity index (χ2n) is 3.00. The van der Waals surface area contributed by atoms with Crippen LogP contribution in [0.15, 0.2) is 29.8 Å². The van der Waals surface area contributed by atoms with Gasteiger partial charge in [0.05, 0.1) is 4.88 Å². The summed E-state index contributed by atoms with van der Waals surface area (Å²) in [5.41, 5.74) is 0. The fraction of sp³-hybridized carbons (Fsp3) is 0.300. The zero-order valence-corrected chi connectivity index (χ0v) is 8.60. The maximum absolute atomic E-state index is 11.4. The molecule has 3 heteroatoms. The third kappa shape index (κ3) is 3.42. The highest BCUT2D eigenvalue weighted by Crippen LogP contribution is 2.09. The third-order valence-corrected chi connectivity index (χ3v) is 2.31. The lowest BCUT2D eigenvalue weighted by Crippen LogP contribution is -2.15. The molecule has 0 aliphatic rings. The highest BCUT2D eigenvalue weighted by Gasteiger charge is 2.00. The van der Waals surface area contributed by atoms with Gasteiger partial charge in [-0.1, -0.05) is 6.07 Å². The Kier molecular flexibility index (Phi) is 3.71. The quantitative estimate of drug-likeness (QED) is 0.590. The van der Waals surface area contributed by atoms with Crippen LogP contribution >= 0.6 is 11.3 Å². The average molecular weight is 195 g/mol. The molecular weight excluding hydrogens is 182 g/mol. The van der Waals surface area contributed by atoms with Crippen LogP contribution in [0.2, 0.25) is 0 Å². The van der Waals surface area contributed by atoms with Gasteiger partial charge < -0.3 is 5.32 Å². The number of nitrogens with one attached hydrogen (secondary N) is 1. The maximum Gasteiger partial charge on any atom is 0.197 e.